The quantitative estimate of drug-likeness (QED) is 0.728. The number of amides is 1. The highest BCUT2D eigenvalue weighted by atomic mass is 32.1. The molecule has 0 bridgehead atoms. The van der Waals surface area contributed by atoms with Crippen molar-refractivity contribution in [2.75, 3.05) is 13.6 Å². The first-order chi connectivity index (χ1) is 8.36. The first-order valence-electron chi connectivity index (χ1n) is 5.60. The summed E-state index contributed by atoms with van der Waals surface area (Å²) in [4.78, 5) is 23.2. The molecule has 100 valence electrons. The van der Waals surface area contributed by atoms with Crippen LogP contribution in [0.1, 0.15) is 29.1 Å². The molecule has 3 N–H and O–H groups in total. The van der Waals surface area contributed by atoms with E-state index >= 15 is 0 Å². The molecular formula is C12H18N2O3S. The number of nitrogens with one attached hydrogen (secondary N) is 2. The Morgan fingerprint density at radius 2 is 2.11 bits per heavy atom. The van der Waals surface area contributed by atoms with E-state index in [1.165, 1.54) is 11.3 Å². The first-order valence-corrected chi connectivity index (χ1v) is 6.48. The van der Waals surface area contributed by atoms with Gasteiger partial charge in [-0.15, -0.1) is 11.3 Å². The van der Waals surface area contributed by atoms with Crippen LogP contribution in [0.15, 0.2) is 11.4 Å². The molecule has 0 saturated carbocycles. The molecule has 1 aromatic rings. The highest BCUT2D eigenvalue weighted by molar-refractivity contribution is 7.10. The molecular weight excluding hydrogens is 252 g/mol. The van der Waals surface area contributed by atoms with Gasteiger partial charge in [0.2, 0.25) is 5.91 Å². The predicted molar refractivity (Wildman–Crippen MR) is 70.8 cm³/mol. The fourth-order valence-corrected chi connectivity index (χ4v) is 2.33. The number of aromatic carboxylic acids is 1. The molecule has 1 aromatic heterocycles. The van der Waals surface area contributed by atoms with E-state index in [1.54, 1.807) is 18.5 Å². The van der Waals surface area contributed by atoms with Crippen molar-refractivity contribution in [3.05, 3.63) is 21.9 Å². The first kappa shape index (κ1) is 14.7. The van der Waals surface area contributed by atoms with Gasteiger partial charge in [-0.2, -0.15) is 0 Å². The summed E-state index contributed by atoms with van der Waals surface area (Å²) in [5, 5.41) is 16.2. The normalized spacial score (nSPS) is 11.3. The molecule has 6 heteroatoms. The van der Waals surface area contributed by atoms with Gasteiger partial charge in [0.15, 0.2) is 0 Å². The van der Waals surface area contributed by atoms with E-state index in [0.29, 0.717) is 18.7 Å². The molecule has 0 atom stereocenters. The lowest BCUT2D eigenvalue weighted by Gasteiger charge is -2.22. The average Bonchev–Trinajstić information content (AvgIpc) is 2.76. The van der Waals surface area contributed by atoms with Crippen molar-refractivity contribution >= 4 is 23.2 Å². The monoisotopic (exact) mass is 270 g/mol. The summed E-state index contributed by atoms with van der Waals surface area (Å²) < 4.78 is 0. The van der Waals surface area contributed by atoms with Crippen LogP contribution in [0.3, 0.4) is 0 Å². The Bertz CT molecular complexity index is 440. The van der Waals surface area contributed by atoms with E-state index in [2.05, 4.69) is 10.6 Å². The van der Waals surface area contributed by atoms with Gasteiger partial charge >= 0.3 is 5.97 Å². The molecule has 0 aliphatic rings. The van der Waals surface area contributed by atoms with E-state index in [4.69, 9.17) is 5.11 Å². The van der Waals surface area contributed by atoms with Crippen LogP contribution >= 0.6 is 11.3 Å². The van der Waals surface area contributed by atoms with Crippen molar-refractivity contribution in [2.45, 2.75) is 20.4 Å². The third-order valence-corrected chi connectivity index (χ3v) is 3.55. The highest BCUT2D eigenvalue weighted by Gasteiger charge is 2.25. The molecule has 0 saturated heterocycles. The number of thiophene rings is 1. The van der Waals surface area contributed by atoms with Gasteiger partial charge in [-0.05, 0) is 19.9 Å². The smallest absolute Gasteiger partial charge is 0.336 e. The molecule has 5 nitrogen and oxygen atoms in total. The second-order valence-corrected chi connectivity index (χ2v) is 5.67. The molecule has 0 fully saturated rings. The minimum absolute atomic E-state index is 0.0209. The van der Waals surface area contributed by atoms with Crippen molar-refractivity contribution in [3.8, 4) is 0 Å². The van der Waals surface area contributed by atoms with Crippen LogP contribution in [0.2, 0.25) is 0 Å². The van der Waals surface area contributed by atoms with Gasteiger partial charge in [-0.25, -0.2) is 4.79 Å². The Hall–Kier alpha value is -1.40. The largest absolute Gasteiger partial charge is 0.478 e. The molecule has 1 amide bonds. The maximum atomic E-state index is 11.5. The van der Waals surface area contributed by atoms with Crippen LogP contribution in [0, 0.1) is 5.41 Å². The van der Waals surface area contributed by atoms with Crippen molar-refractivity contribution in [1.82, 2.24) is 10.6 Å². The van der Waals surface area contributed by atoms with Gasteiger partial charge < -0.3 is 15.7 Å². The summed E-state index contributed by atoms with van der Waals surface area (Å²) in [6.07, 6.45) is 0. The van der Waals surface area contributed by atoms with Gasteiger partial charge in [0.1, 0.15) is 0 Å². The Balaban J connectivity index is 2.46. The number of rotatable bonds is 6. The van der Waals surface area contributed by atoms with Gasteiger partial charge in [0, 0.05) is 30.4 Å². The number of carbonyl (C=O) groups excluding carboxylic acids is 1. The third kappa shape index (κ3) is 3.82. The van der Waals surface area contributed by atoms with Gasteiger partial charge in [0.05, 0.1) is 11.0 Å². The molecule has 0 unspecified atom stereocenters. The Labute approximate surface area is 110 Å². The lowest BCUT2D eigenvalue weighted by molar-refractivity contribution is -0.128. The molecule has 1 rings (SSSR count). The van der Waals surface area contributed by atoms with Crippen molar-refractivity contribution in [3.63, 3.8) is 0 Å². The van der Waals surface area contributed by atoms with Crippen LogP contribution in [0.25, 0.3) is 0 Å². The summed E-state index contributed by atoms with van der Waals surface area (Å²) in [5.41, 5.74) is -0.177. The second kappa shape index (κ2) is 5.97. The van der Waals surface area contributed by atoms with E-state index in [9.17, 15) is 9.59 Å². The fraction of sp³-hybridized carbons (Fsp3) is 0.500. The van der Waals surface area contributed by atoms with E-state index < -0.39 is 11.4 Å². The molecule has 0 aliphatic carbocycles. The molecule has 0 aliphatic heterocycles. The topological polar surface area (TPSA) is 78.4 Å². The third-order valence-electron chi connectivity index (χ3n) is 2.61. The van der Waals surface area contributed by atoms with Crippen molar-refractivity contribution in [2.24, 2.45) is 5.41 Å². The summed E-state index contributed by atoms with van der Waals surface area (Å²) in [7, 11) is 1.61. The van der Waals surface area contributed by atoms with E-state index in [-0.39, 0.29) is 5.91 Å². The summed E-state index contributed by atoms with van der Waals surface area (Å²) in [6.45, 7) is 4.82. The van der Waals surface area contributed by atoms with Crippen molar-refractivity contribution < 1.29 is 14.7 Å². The SMILES string of the molecule is CNC(=O)C(C)(C)CNCc1cc(C(=O)O)cs1. The fourth-order valence-electron chi connectivity index (χ4n) is 1.50. The van der Waals surface area contributed by atoms with E-state index in [1.807, 2.05) is 13.8 Å². The molecule has 1 heterocycles. The minimum Gasteiger partial charge on any atom is -0.478 e. The van der Waals surface area contributed by atoms with Crippen LogP contribution in [-0.2, 0) is 11.3 Å². The summed E-state index contributed by atoms with van der Waals surface area (Å²) in [6, 6.07) is 1.65. The van der Waals surface area contributed by atoms with Gasteiger partial charge in [-0.3, -0.25) is 4.79 Å². The van der Waals surface area contributed by atoms with Crippen LogP contribution < -0.4 is 10.6 Å². The second-order valence-electron chi connectivity index (χ2n) is 4.67. The Morgan fingerprint density at radius 3 is 2.61 bits per heavy atom. The van der Waals surface area contributed by atoms with Gasteiger partial charge in [0.25, 0.3) is 0 Å². The number of carbonyl (C=O) groups is 2. The minimum atomic E-state index is -0.914. The molecule has 0 spiro atoms. The number of hydrogen-bond donors (Lipinski definition) is 3. The average molecular weight is 270 g/mol. The van der Waals surface area contributed by atoms with Gasteiger partial charge in [-0.1, -0.05) is 0 Å². The van der Waals surface area contributed by atoms with E-state index in [0.717, 1.165) is 4.88 Å². The molecule has 0 aromatic carbocycles. The summed E-state index contributed by atoms with van der Waals surface area (Å²) in [5.74, 6) is -0.935. The number of carboxylic acid groups (broad SMARTS) is 1. The number of carboxylic acids is 1. The maximum absolute atomic E-state index is 11.5. The standard InChI is InChI=1S/C12H18N2O3S/c1-12(2,11(17)13-3)7-14-5-9-4-8(6-18-9)10(15)16/h4,6,14H,5,7H2,1-3H3,(H,13,17)(H,15,16). The zero-order chi connectivity index (χ0) is 13.8. The zero-order valence-corrected chi connectivity index (χ0v) is 11.6. The molecule has 0 radical (unpaired) electrons. The Morgan fingerprint density at radius 1 is 1.44 bits per heavy atom. The Kier molecular flexibility index (Phi) is 4.86. The lowest BCUT2D eigenvalue weighted by atomic mass is 9.92. The molecule has 18 heavy (non-hydrogen) atoms. The number of hydrogen-bond acceptors (Lipinski definition) is 4. The highest BCUT2D eigenvalue weighted by Crippen LogP contribution is 2.16. The summed E-state index contributed by atoms with van der Waals surface area (Å²) >= 11 is 1.40. The lowest BCUT2D eigenvalue weighted by Crippen LogP contribution is -2.41. The maximum Gasteiger partial charge on any atom is 0.336 e. The van der Waals surface area contributed by atoms with Crippen LogP contribution in [-0.4, -0.2) is 30.6 Å². The zero-order valence-electron chi connectivity index (χ0n) is 10.7. The van der Waals surface area contributed by atoms with Crippen LogP contribution in [0.4, 0.5) is 0 Å². The van der Waals surface area contributed by atoms with Crippen LogP contribution in [0.5, 0.6) is 0 Å². The van der Waals surface area contributed by atoms with Crippen molar-refractivity contribution in [1.29, 1.82) is 0 Å². The predicted octanol–water partition coefficient (Wildman–Crippen LogP) is 1.31.